The van der Waals surface area contributed by atoms with Gasteiger partial charge in [0, 0.05) is 30.8 Å². The summed E-state index contributed by atoms with van der Waals surface area (Å²) >= 11 is 0. The van der Waals surface area contributed by atoms with Gasteiger partial charge in [-0.3, -0.25) is 9.59 Å². The number of hydrogen-bond donors (Lipinski definition) is 3. The van der Waals surface area contributed by atoms with E-state index in [9.17, 15) is 19.1 Å². The zero-order chi connectivity index (χ0) is 18.2. The molecular formula is C19H19FN2O3. The number of rotatable bonds is 6. The lowest BCUT2D eigenvalue weighted by Crippen LogP contribution is -2.27. The van der Waals surface area contributed by atoms with Crippen LogP contribution in [0, 0.1) is 5.82 Å². The molecule has 2 aromatic carbocycles. The first kappa shape index (κ1) is 18.4. The van der Waals surface area contributed by atoms with E-state index < -0.39 is 17.8 Å². The second-order valence-corrected chi connectivity index (χ2v) is 5.42. The van der Waals surface area contributed by atoms with Gasteiger partial charge in [0.05, 0.1) is 6.10 Å². The molecule has 3 N–H and O–H groups in total. The molecule has 6 heteroatoms. The molecule has 0 heterocycles. The Kier molecular flexibility index (Phi) is 6.42. The maximum atomic E-state index is 13.5. The normalized spacial score (nSPS) is 12.0. The molecule has 0 spiro atoms. The van der Waals surface area contributed by atoms with Gasteiger partial charge in [-0.1, -0.05) is 30.3 Å². The summed E-state index contributed by atoms with van der Waals surface area (Å²) in [6, 6.07) is 12.8. The van der Waals surface area contributed by atoms with Crippen LogP contribution >= 0.6 is 0 Å². The van der Waals surface area contributed by atoms with Crippen molar-refractivity contribution < 1.29 is 19.1 Å². The minimum absolute atomic E-state index is 0.0917. The Morgan fingerprint density at radius 2 is 1.84 bits per heavy atom. The largest absolute Gasteiger partial charge is 0.386 e. The topological polar surface area (TPSA) is 78.4 Å². The van der Waals surface area contributed by atoms with Crippen LogP contribution in [0.2, 0.25) is 0 Å². The van der Waals surface area contributed by atoms with E-state index in [-0.39, 0.29) is 18.0 Å². The van der Waals surface area contributed by atoms with E-state index in [2.05, 4.69) is 10.6 Å². The Morgan fingerprint density at radius 1 is 1.16 bits per heavy atom. The second-order valence-electron chi connectivity index (χ2n) is 5.42. The molecule has 0 fully saturated rings. The summed E-state index contributed by atoms with van der Waals surface area (Å²) in [5.74, 6) is -1.07. The fourth-order valence-corrected chi connectivity index (χ4v) is 2.16. The van der Waals surface area contributed by atoms with E-state index >= 15 is 0 Å². The van der Waals surface area contributed by atoms with E-state index in [0.29, 0.717) is 5.69 Å². The van der Waals surface area contributed by atoms with Crippen molar-refractivity contribution in [2.75, 3.05) is 11.9 Å². The summed E-state index contributed by atoms with van der Waals surface area (Å²) in [6.07, 6.45) is 1.81. The van der Waals surface area contributed by atoms with Crippen LogP contribution in [-0.2, 0) is 9.59 Å². The highest BCUT2D eigenvalue weighted by Crippen LogP contribution is 2.15. The van der Waals surface area contributed by atoms with Crippen molar-refractivity contribution in [3.05, 3.63) is 71.6 Å². The first-order valence-electron chi connectivity index (χ1n) is 7.72. The van der Waals surface area contributed by atoms with E-state index in [4.69, 9.17) is 0 Å². The van der Waals surface area contributed by atoms with Gasteiger partial charge in [-0.15, -0.1) is 0 Å². The number of benzene rings is 2. The lowest BCUT2D eigenvalue weighted by molar-refractivity contribution is -0.117. The number of carbonyl (C=O) groups is 2. The van der Waals surface area contributed by atoms with Crippen molar-refractivity contribution >= 4 is 23.6 Å². The van der Waals surface area contributed by atoms with Crippen LogP contribution < -0.4 is 10.6 Å². The zero-order valence-corrected chi connectivity index (χ0v) is 13.7. The number of carbonyl (C=O) groups excluding carboxylic acids is 2. The fraction of sp³-hybridized carbons (Fsp3) is 0.158. The van der Waals surface area contributed by atoms with Gasteiger partial charge < -0.3 is 15.7 Å². The third kappa shape index (κ3) is 5.86. The van der Waals surface area contributed by atoms with Crippen molar-refractivity contribution in [3.8, 4) is 0 Å². The second kappa shape index (κ2) is 8.75. The Hall–Kier alpha value is -2.99. The molecule has 2 rings (SSSR count). The van der Waals surface area contributed by atoms with Gasteiger partial charge in [0.15, 0.2) is 0 Å². The van der Waals surface area contributed by atoms with Crippen LogP contribution in [-0.4, -0.2) is 23.5 Å². The zero-order valence-electron chi connectivity index (χ0n) is 13.7. The van der Waals surface area contributed by atoms with Crippen LogP contribution in [0.15, 0.2) is 54.6 Å². The van der Waals surface area contributed by atoms with Crippen LogP contribution in [0.1, 0.15) is 24.2 Å². The number of aliphatic hydroxyl groups excluding tert-OH is 1. The van der Waals surface area contributed by atoms with Gasteiger partial charge in [-0.25, -0.2) is 4.39 Å². The lowest BCUT2D eigenvalue weighted by Gasteiger charge is -2.12. The highest BCUT2D eigenvalue weighted by molar-refractivity contribution is 5.92. The van der Waals surface area contributed by atoms with Crippen LogP contribution in [0.25, 0.3) is 6.08 Å². The van der Waals surface area contributed by atoms with Gasteiger partial charge in [0.25, 0.3) is 0 Å². The lowest BCUT2D eigenvalue weighted by atomic mass is 10.1. The number of hydrogen-bond acceptors (Lipinski definition) is 3. The van der Waals surface area contributed by atoms with Gasteiger partial charge >= 0.3 is 0 Å². The predicted molar refractivity (Wildman–Crippen MR) is 94.1 cm³/mol. The summed E-state index contributed by atoms with van der Waals surface area (Å²) < 4.78 is 13.5. The molecule has 0 aliphatic carbocycles. The number of anilines is 1. The molecule has 0 aliphatic heterocycles. The van der Waals surface area contributed by atoms with Crippen molar-refractivity contribution in [1.29, 1.82) is 0 Å². The van der Waals surface area contributed by atoms with Gasteiger partial charge in [-0.05, 0) is 29.8 Å². The third-order valence-corrected chi connectivity index (χ3v) is 3.39. The van der Waals surface area contributed by atoms with Crippen molar-refractivity contribution in [1.82, 2.24) is 5.32 Å². The quantitative estimate of drug-likeness (QED) is 0.706. The van der Waals surface area contributed by atoms with Crippen molar-refractivity contribution in [2.45, 2.75) is 13.0 Å². The van der Waals surface area contributed by atoms with Gasteiger partial charge in [-0.2, -0.15) is 0 Å². The molecular weight excluding hydrogens is 323 g/mol. The molecule has 1 unspecified atom stereocenters. The third-order valence-electron chi connectivity index (χ3n) is 3.39. The summed E-state index contributed by atoms with van der Waals surface area (Å²) in [7, 11) is 0. The van der Waals surface area contributed by atoms with Crippen LogP contribution in [0.5, 0.6) is 0 Å². The number of aliphatic hydroxyl groups is 1. The first-order chi connectivity index (χ1) is 12.0. The van der Waals surface area contributed by atoms with Crippen LogP contribution in [0.3, 0.4) is 0 Å². The van der Waals surface area contributed by atoms with Crippen LogP contribution in [0.4, 0.5) is 10.1 Å². The maximum absolute atomic E-state index is 13.5. The molecule has 2 amide bonds. The predicted octanol–water partition coefficient (Wildman–Crippen LogP) is 2.65. The monoisotopic (exact) mass is 342 g/mol. The molecule has 2 aromatic rings. The SMILES string of the molecule is CC(=O)Nc1ccc(/C=C/C(=O)NCC(O)c2ccccc2F)cc1. The average Bonchev–Trinajstić information content (AvgIpc) is 2.59. The Bertz CT molecular complexity index is 772. The first-order valence-corrected chi connectivity index (χ1v) is 7.72. The molecule has 0 saturated carbocycles. The molecule has 0 aliphatic rings. The molecule has 0 bridgehead atoms. The molecule has 0 aromatic heterocycles. The molecule has 5 nitrogen and oxygen atoms in total. The van der Waals surface area contributed by atoms with E-state index in [0.717, 1.165) is 5.56 Å². The highest BCUT2D eigenvalue weighted by Gasteiger charge is 2.12. The van der Waals surface area contributed by atoms with Crippen molar-refractivity contribution in [3.63, 3.8) is 0 Å². The molecule has 0 radical (unpaired) electrons. The highest BCUT2D eigenvalue weighted by atomic mass is 19.1. The summed E-state index contributed by atoms with van der Waals surface area (Å²) in [5.41, 5.74) is 1.58. The molecule has 25 heavy (non-hydrogen) atoms. The minimum atomic E-state index is -1.12. The molecule has 0 saturated heterocycles. The average molecular weight is 342 g/mol. The Morgan fingerprint density at radius 3 is 2.48 bits per heavy atom. The van der Waals surface area contributed by atoms with Gasteiger partial charge in [0.2, 0.25) is 11.8 Å². The molecule has 1 atom stereocenters. The minimum Gasteiger partial charge on any atom is -0.386 e. The Labute approximate surface area is 145 Å². The smallest absolute Gasteiger partial charge is 0.244 e. The number of nitrogens with one attached hydrogen (secondary N) is 2. The fourth-order valence-electron chi connectivity index (χ4n) is 2.16. The van der Waals surface area contributed by atoms with E-state index in [1.807, 2.05) is 0 Å². The summed E-state index contributed by atoms with van der Waals surface area (Å²) in [5, 5.41) is 15.1. The summed E-state index contributed by atoms with van der Waals surface area (Å²) in [6.45, 7) is 1.33. The number of amides is 2. The molecule has 130 valence electrons. The standard InChI is InChI=1S/C19H19FN2O3/c1-13(23)22-15-9-6-14(7-10-15)8-11-19(25)21-12-18(24)16-4-2-3-5-17(16)20/h2-11,18,24H,12H2,1H3,(H,21,25)(H,22,23)/b11-8+. The van der Waals surface area contributed by atoms with Gasteiger partial charge in [0.1, 0.15) is 5.82 Å². The van der Waals surface area contributed by atoms with Crippen molar-refractivity contribution in [2.24, 2.45) is 0 Å². The maximum Gasteiger partial charge on any atom is 0.244 e. The Balaban J connectivity index is 1.86. The van der Waals surface area contributed by atoms with E-state index in [1.165, 1.54) is 31.2 Å². The van der Waals surface area contributed by atoms with E-state index in [1.54, 1.807) is 36.4 Å². The number of halogens is 1. The summed E-state index contributed by atoms with van der Waals surface area (Å²) in [4.78, 5) is 22.7.